The molecule has 0 saturated carbocycles. The Bertz CT molecular complexity index is 1360. The predicted octanol–water partition coefficient (Wildman–Crippen LogP) is 4.81. The number of carbonyl (C=O) groups is 2. The highest BCUT2D eigenvalue weighted by molar-refractivity contribution is 6.08. The minimum atomic E-state index is -0.476. The molecule has 2 fully saturated rings. The van der Waals surface area contributed by atoms with E-state index in [1.54, 1.807) is 37.4 Å². The Labute approximate surface area is 233 Å². The number of carbonyl (C=O) groups excluding carboxylic acids is 2. The number of hydrogen-bond donors (Lipinski definition) is 1. The lowest BCUT2D eigenvalue weighted by atomic mass is 10.1. The zero-order valence-electron chi connectivity index (χ0n) is 22.5. The summed E-state index contributed by atoms with van der Waals surface area (Å²) >= 11 is 0. The summed E-state index contributed by atoms with van der Waals surface area (Å²) in [6.45, 7) is 4.25. The Morgan fingerprint density at radius 1 is 0.825 bits per heavy atom. The molecule has 2 aliphatic heterocycles. The van der Waals surface area contributed by atoms with Crippen molar-refractivity contribution in [2.45, 2.75) is 19.3 Å². The van der Waals surface area contributed by atoms with Crippen LogP contribution >= 0.6 is 0 Å². The summed E-state index contributed by atoms with van der Waals surface area (Å²) in [5.74, 6) is 0.349. The van der Waals surface area contributed by atoms with Crippen LogP contribution in [0.4, 0.5) is 22.7 Å². The SMILES string of the molecule is COc1ccc(C(=O)N2CCN(c3ccc(NC(=O)c4cc([N+](=O)[O-])ccc4N4CCCCC4)cc3)CC2)cc1. The van der Waals surface area contributed by atoms with Gasteiger partial charge in [-0.2, -0.15) is 0 Å². The van der Waals surface area contributed by atoms with Gasteiger partial charge in [0.25, 0.3) is 17.5 Å². The van der Waals surface area contributed by atoms with Gasteiger partial charge in [0, 0.05) is 68.3 Å². The Hall–Kier alpha value is -4.60. The Morgan fingerprint density at radius 2 is 1.50 bits per heavy atom. The number of rotatable bonds is 7. The highest BCUT2D eigenvalue weighted by Gasteiger charge is 2.24. The van der Waals surface area contributed by atoms with E-state index in [9.17, 15) is 19.7 Å². The van der Waals surface area contributed by atoms with E-state index in [0.717, 1.165) is 43.7 Å². The van der Waals surface area contributed by atoms with Gasteiger partial charge in [0.05, 0.1) is 23.3 Å². The number of amides is 2. The van der Waals surface area contributed by atoms with Crippen LogP contribution in [-0.2, 0) is 0 Å². The number of ether oxygens (including phenoxy) is 1. The first-order valence-corrected chi connectivity index (χ1v) is 13.6. The molecular weight excluding hydrogens is 510 g/mol. The molecule has 40 heavy (non-hydrogen) atoms. The molecule has 0 aromatic heterocycles. The lowest BCUT2D eigenvalue weighted by Gasteiger charge is -2.36. The molecule has 3 aromatic carbocycles. The van der Waals surface area contributed by atoms with Gasteiger partial charge in [-0.1, -0.05) is 0 Å². The fourth-order valence-corrected chi connectivity index (χ4v) is 5.27. The van der Waals surface area contributed by atoms with Crippen LogP contribution in [0.15, 0.2) is 66.7 Å². The topological polar surface area (TPSA) is 108 Å². The summed E-state index contributed by atoms with van der Waals surface area (Å²) in [6.07, 6.45) is 3.21. The highest BCUT2D eigenvalue weighted by Crippen LogP contribution is 2.29. The largest absolute Gasteiger partial charge is 0.497 e. The maximum Gasteiger partial charge on any atom is 0.270 e. The highest BCUT2D eigenvalue weighted by atomic mass is 16.6. The van der Waals surface area contributed by atoms with Gasteiger partial charge in [0.15, 0.2) is 0 Å². The van der Waals surface area contributed by atoms with Crippen molar-refractivity contribution < 1.29 is 19.2 Å². The first kappa shape index (κ1) is 27.0. The molecule has 3 aromatic rings. The fraction of sp³-hybridized carbons (Fsp3) is 0.333. The second kappa shape index (κ2) is 12.1. The smallest absolute Gasteiger partial charge is 0.270 e. The van der Waals surface area contributed by atoms with E-state index in [-0.39, 0.29) is 17.5 Å². The molecule has 1 N–H and O–H groups in total. The molecule has 0 aliphatic carbocycles. The first-order valence-electron chi connectivity index (χ1n) is 13.6. The van der Waals surface area contributed by atoms with Crippen LogP contribution < -0.4 is 19.9 Å². The van der Waals surface area contributed by atoms with Gasteiger partial charge in [-0.05, 0) is 73.9 Å². The average Bonchev–Trinajstić information content (AvgIpc) is 3.01. The standard InChI is InChI=1S/C30H33N5O5/c1-40-26-12-5-22(6-13-26)30(37)34-19-17-32(18-20-34)24-9-7-23(8-10-24)31-29(36)27-21-25(35(38)39)11-14-28(27)33-15-3-2-4-16-33/h5-14,21H,2-4,15-20H2,1H3,(H,31,36). The Morgan fingerprint density at radius 3 is 2.12 bits per heavy atom. The number of nitro groups is 1. The van der Waals surface area contributed by atoms with Crippen molar-refractivity contribution in [1.82, 2.24) is 4.90 Å². The molecular formula is C30H33N5O5. The maximum atomic E-state index is 13.3. The molecule has 2 amide bonds. The summed E-state index contributed by atoms with van der Waals surface area (Å²) in [5.41, 5.74) is 3.17. The zero-order chi connectivity index (χ0) is 28.1. The van der Waals surface area contributed by atoms with Crippen molar-refractivity contribution in [1.29, 1.82) is 0 Å². The molecule has 0 atom stereocenters. The van der Waals surface area contributed by atoms with Crippen molar-refractivity contribution in [3.63, 3.8) is 0 Å². The molecule has 2 heterocycles. The van der Waals surface area contributed by atoms with Gasteiger partial charge in [0.1, 0.15) is 5.75 Å². The molecule has 0 spiro atoms. The predicted molar refractivity (Wildman–Crippen MR) is 155 cm³/mol. The third-order valence-corrected chi connectivity index (χ3v) is 7.53. The number of piperidine rings is 1. The molecule has 10 nitrogen and oxygen atoms in total. The fourth-order valence-electron chi connectivity index (χ4n) is 5.27. The van der Waals surface area contributed by atoms with Gasteiger partial charge in [-0.3, -0.25) is 19.7 Å². The monoisotopic (exact) mass is 543 g/mol. The van der Waals surface area contributed by atoms with Gasteiger partial charge in [-0.15, -0.1) is 0 Å². The van der Waals surface area contributed by atoms with Crippen LogP contribution in [-0.4, -0.2) is 68.0 Å². The van der Waals surface area contributed by atoms with Gasteiger partial charge in [-0.25, -0.2) is 0 Å². The maximum absolute atomic E-state index is 13.3. The van der Waals surface area contributed by atoms with E-state index in [1.165, 1.54) is 12.1 Å². The van der Waals surface area contributed by atoms with Crippen LogP contribution in [0.1, 0.15) is 40.0 Å². The molecule has 208 valence electrons. The van der Waals surface area contributed by atoms with E-state index in [2.05, 4.69) is 15.1 Å². The van der Waals surface area contributed by atoms with Crippen molar-refractivity contribution in [2.24, 2.45) is 0 Å². The molecule has 5 rings (SSSR count). The van der Waals surface area contributed by atoms with Crippen LogP contribution in [0.5, 0.6) is 5.75 Å². The molecule has 2 saturated heterocycles. The number of benzene rings is 3. The lowest BCUT2D eigenvalue weighted by molar-refractivity contribution is -0.384. The Balaban J connectivity index is 1.22. The number of piperazine rings is 1. The number of hydrogen-bond acceptors (Lipinski definition) is 7. The van der Waals surface area contributed by atoms with E-state index in [1.807, 2.05) is 29.2 Å². The van der Waals surface area contributed by atoms with Crippen LogP contribution in [0, 0.1) is 10.1 Å². The van der Waals surface area contributed by atoms with Gasteiger partial charge >= 0.3 is 0 Å². The summed E-state index contributed by atoms with van der Waals surface area (Å²) < 4.78 is 5.17. The van der Waals surface area contributed by atoms with Crippen LogP contribution in [0.3, 0.4) is 0 Å². The van der Waals surface area contributed by atoms with Crippen LogP contribution in [0.2, 0.25) is 0 Å². The van der Waals surface area contributed by atoms with Crippen molar-refractivity contribution >= 4 is 34.6 Å². The number of anilines is 3. The Kier molecular flexibility index (Phi) is 8.14. The summed E-state index contributed by atoms with van der Waals surface area (Å²) in [5, 5.41) is 14.3. The molecule has 0 radical (unpaired) electrons. The normalized spacial score (nSPS) is 15.5. The van der Waals surface area contributed by atoms with Crippen molar-refractivity contribution in [3.05, 3.63) is 88.0 Å². The second-order valence-corrected chi connectivity index (χ2v) is 10.0. The van der Waals surface area contributed by atoms with E-state index in [0.29, 0.717) is 48.7 Å². The minimum Gasteiger partial charge on any atom is -0.497 e. The zero-order valence-corrected chi connectivity index (χ0v) is 22.5. The molecule has 10 heteroatoms. The quantitative estimate of drug-likeness (QED) is 0.337. The molecule has 0 bridgehead atoms. The van der Waals surface area contributed by atoms with E-state index >= 15 is 0 Å². The number of nitrogens with one attached hydrogen (secondary N) is 1. The first-order chi connectivity index (χ1) is 19.4. The summed E-state index contributed by atoms with van der Waals surface area (Å²) in [7, 11) is 1.60. The number of nitro benzene ring substituents is 1. The number of methoxy groups -OCH3 is 1. The van der Waals surface area contributed by atoms with E-state index < -0.39 is 4.92 Å². The third-order valence-electron chi connectivity index (χ3n) is 7.53. The molecule has 0 unspecified atom stereocenters. The third kappa shape index (κ3) is 6.01. The lowest BCUT2D eigenvalue weighted by Crippen LogP contribution is -2.48. The van der Waals surface area contributed by atoms with Crippen LogP contribution in [0.25, 0.3) is 0 Å². The number of non-ortho nitro benzene ring substituents is 1. The van der Waals surface area contributed by atoms with Crippen molar-refractivity contribution in [3.8, 4) is 5.75 Å². The summed E-state index contributed by atoms with van der Waals surface area (Å²) in [4.78, 5) is 43.3. The van der Waals surface area contributed by atoms with Gasteiger partial charge < -0.3 is 24.8 Å². The summed E-state index contributed by atoms with van der Waals surface area (Å²) in [6, 6.07) is 19.2. The van der Waals surface area contributed by atoms with Gasteiger partial charge in [0.2, 0.25) is 0 Å². The second-order valence-electron chi connectivity index (χ2n) is 10.0. The van der Waals surface area contributed by atoms with Crippen molar-refractivity contribution in [2.75, 3.05) is 61.5 Å². The minimum absolute atomic E-state index is 0.00503. The van der Waals surface area contributed by atoms with E-state index in [4.69, 9.17) is 4.74 Å². The number of nitrogens with zero attached hydrogens (tertiary/aromatic N) is 4. The molecule has 2 aliphatic rings. The average molecular weight is 544 g/mol.